The van der Waals surface area contributed by atoms with E-state index in [1.807, 2.05) is 18.2 Å². The highest BCUT2D eigenvalue weighted by Crippen LogP contribution is 2.15. The molecule has 1 aromatic rings. The first-order valence-corrected chi connectivity index (χ1v) is 8.56. The van der Waals surface area contributed by atoms with Crippen LogP contribution in [0.2, 0.25) is 0 Å². The van der Waals surface area contributed by atoms with Crippen LogP contribution in [0.3, 0.4) is 0 Å². The molecule has 0 heterocycles. The predicted octanol–water partition coefficient (Wildman–Crippen LogP) is 4.97. The monoisotopic (exact) mass is 306 g/mol. The fraction of sp³-hybridized carbons (Fsp3) is 0.632. The van der Waals surface area contributed by atoms with Crippen molar-refractivity contribution in [1.29, 1.82) is 0 Å². The maximum Gasteiger partial charge on any atom is 0.303 e. The van der Waals surface area contributed by atoms with Gasteiger partial charge in [-0.3, -0.25) is 4.79 Å². The van der Waals surface area contributed by atoms with Crippen LogP contribution in [0.15, 0.2) is 24.3 Å². The molecule has 0 fully saturated rings. The largest absolute Gasteiger partial charge is 0.481 e. The zero-order chi connectivity index (χ0) is 16.2. The number of hydrogen-bond acceptors (Lipinski definition) is 2. The average Bonchev–Trinajstić information content (AvgIpc) is 2.52. The summed E-state index contributed by atoms with van der Waals surface area (Å²) in [7, 11) is 0. The first-order valence-electron chi connectivity index (χ1n) is 8.56. The van der Waals surface area contributed by atoms with E-state index in [2.05, 4.69) is 19.9 Å². The zero-order valence-electron chi connectivity index (χ0n) is 14.0. The van der Waals surface area contributed by atoms with Gasteiger partial charge < -0.3 is 9.84 Å². The van der Waals surface area contributed by atoms with Gasteiger partial charge in [0.25, 0.3) is 0 Å². The molecule has 0 aliphatic heterocycles. The second-order valence-corrected chi connectivity index (χ2v) is 5.90. The minimum atomic E-state index is -0.750. The third-order valence-electron chi connectivity index (χ3n) is 3.94. The van der Waals surface area contributed by atoms with Crippen LogP contribution in [0.4, 0.5) is 0 Å². The van der Waals surface area contributed by atoms with E-state index >= 15 is 0 Å². The van der Waals surface area contributed by atoms with Gasteiger partial charge in [0.2, 0.25) is 0 Å². The minimum absolute atomic E-state index is 0.180. The number of ether oxygens (including phenoxy) is 1. The van der Waals surface area contributed by atoms with Gasteiger partial charge in [0, 0.05) is 6.42 Å². The number of unbranched alkanes of at least 4 members (excludes halogenated alkanes) is 3. The molecule has 0 spiro atoms. The molecule has 1 rings (SSSR count). The second kappa shape index (κ2) is 11.2. The number of aryl methyl sites for hydroxylation is 1. The molecule has 0 aliphatic rings. The molecule has 0 radical (unpaired) electrons. The molecular formula is C19H30O3. The number of hydrogen-bond donors (Lipinski definition) is 1. The van der Waals surface area contributed by atoms with E-state index in [9.17, 15) is 4.79 Å². The molecule has 1 atom stereocenters. The van der Waals surface area contributed by atoms with Gasteiger partial charge in [0.15, 0.2) is 0 Å². The number of carboxylic acid groups (broad SMARTS) is 1. The molecule has 0 saturated heterocycles. The summed E-state index contributed by atoms with van der Waals surface area (Å²) >= 11 is 0. The van der Waals surface area contributed by atoms with Crippen molar-refractivity contribution in [3.8, 4) is 0 Å². The molecule has 0 amide bonds. The Balaban J connectivity index is 2.38. The van der Waals surface area contributed by atoms with Gasteiger partial charge in [-0.15, -0.1) is 0 Å². The van der Waals surface area contributed by atoms with Crippen molar-refractivity contribution in [2.24, 2.45) is 0 Å². The lowest BCUT2D eigenvalue weighted by Gasteiger charge is -2.16. The van der Waals surface area contributed by atoms with Crippen molar-refractivity contribution in [1.82, 2.24) is 0 Å². The van der Waals surface area contributed by atoms with Crippen molar-refractivity contribution in [3.63, 3.8) is 0 Å². The summed E-state index contributed by atoms with van der Waals surface area (Å²) in [6, 6.07) is 8.08. The van der Waals surface area contributed by atoms with Crippen LogP contribution in [0.25, 0.3) is 0 Å². The summed E-state index contributed by atoms with van der Waals surface area (Å²) in [5.41, 5.74) is 2.20. The summed E-state index contributed by atoms with van der Waals surface area (Å²) < 4.78 is 6.02. The molecular weight excluding hydrogens is 276 g/mol. The molecule has 1 N–H and O–H groups in total. The fourth-order valence-electron chi connectivity index (χ4n) is 2.54. The highest BCUT2D eigenvalue weighted by Gasteiger charge is 2.07. The topological polar surface area (TPSA) is 46.5 Å². The van der Waals surface area contributed by atoms with Crippen LogP contribution < -0.4 is 0 Å². The Morgan fingerprint density at radius 3 is 2.64 bits per heavy atom. The van der Waals surface area contributed by atoms with Crippen molar-refractivity contribution >= 4 is 5.97 Å². The lowest BCUT2D eigenvalue weighted by molar-refractivity contribution is -0.136. The highest BCUT2D eigenvalue weighted by molar-refractivity contribution is 5.67. The summed E-state index contributed by atoms with van der Waals surface area (Å²) in [4.78, 5) is 10.6. The van der Waals surface area contributed by atoms with E-state index in [0.29, 0.717) is 19.1 Å². The fourth-order valence-corrected chi connectivity index (χ4v) is 2.54. The maximum atomic E-state index is 10.6. The number of carbonyl (C=O) groups is 1. The van der Waals surface area contributed by atoms with Gasteiger partial charge in [-0.1, -0.05) is 63.8 Å². The van der Waals surface area contributed by atoms with Gasteiger partial charge in [-0.05, 0) is 30.4 Å². The van der Waals surface area contributed by atoms with Gasteiger partial charge in [-0.2, -0.15) is 0 Å². The number of rotatable bonds is 12. The normalized spacial score (nSPS) is 12.3. The molecule has 1 unspecified atom stereocenters. The van der Waals surface area contributed by atoms with Gasteiger partial charge >= 0.3 is 5.97 Å². The summed E-state index contributed by atoms with van der Waals surface area (Å²) in [5, 5.41) is 8.75. The summed E-state index contributed by atoms with van der Waals surface area (Å²) in [5.74, 6) is -0.750. The van der Waals surface area contributed by atoms with E-state index in [0.717, 1.165) is 24.0 Å². The Kier molecular flexibility index (Phi) is 9.56. The van der Waals surface area contributed by atoms with Crippen molar-refractivity contribution in [2.45, 2.75) is 77.9 Å². The zero-order valence-corrected chi connectivity index (χ0v) is 14.0. The lowest BCUT2D eigenvalue weighted by Crippen LogP contribution is -2.11. The number of benzene rings is 1. The van der Waals surface area contributed by atoms with Gasteiger partial charge in [-0.25, -0.2) is 0 Å². The standard InChI is InChI=1S/C19H30O3/c1-3-5-6-7-11-18(4-2)22-15-17-10-8-9-16(14-17)12-13-19(20)21/h8-10,14,18H,3-7,11-13,15H2,1-2H3,(H,20,21). The van der Waals surface area contributed by atoms with Crippen LogP contribution in [-0.4, -0.2) is 17.2 Å². The average molecular weight is 306 g/mol. The van der Waals surface area contributed by atoms with Crippen LogP contribution in [0.1, 0.15) is 69.9 Å². The predicted molar refractivity (Wildman–Crippen MR) is 90.0 cm³/mol. The molecule has 0 aromatic heterocycles. The van der Waals surface area contributed by atoms with Crippen LogP contribution >= 0.6 is 0 Å². The number of carboxylic acids is 1. The highest BCUT2D eigenvalue weighted by atomic mass is 16.5. The Labute approximate surface area is 134 Å². The Morgan fingerprint density at radius 2 is 1.95 bits per heavy atom. The molecule has 3 heteroatoms. The quantitative estimate of drug-likeness (QED) is 0.555. The molecule has 124 valence electrons. The maximum absolute atomic E-state index is 10.6. The van der Waals surface area contributed by atoms with E-state index in [1.54, 1.807) is 0 Å². The first-order chi connectivity index (χ1) is 10.7. The molecule has 1 aromatic carbocycles. The summed E-state index contributed by atoms with van der Waals surface area (Å²) in [6.45, 7) is 5.02. The molecule has 22 heavy (non-hydrogen) atoms. The van der Waals surface area contributed by atoms with E-state index in [-0.39, 0.29) is 6.42 Å². The molecule has 0 saturated carbocycles. The van der Waals surface area contributed by atoms with Crippen LogP contribution in [0.5, 0.6) is 0 Å². The number of aliphatic carboxylic acids is 1. The van der Waals surface area contributed by atoms with E-state index < -0.39 is 5.97 Å². The smallest absolute Gasteiger partial charge is 0.303 e. The van der Waals surface area contributed by atoms with Crippen LogP contribution in [0, 0.1) is 0 Å². The Hall–Kier alpha value is -1.35. The lowest BCUT2D eigenvalue weighted by atomic mass is 10.1. The van der Waals surface area contributed by atoms with Gasteiger partial charge in [0.1, 0.15) is 0 Å². The third kappa shape index (κ3) is 8.18. The second-order valence-electron chi connectivity index (χ2n) is 5.90. The van der Waals surface area contributed by atoms with E-state index in [4.69, 9.17) is 9.84 Å². The Morgan fingerprint density at radius 1 is 1.18 bits per heavy atom. The first kappa shape index (κ1) is 18.7. The van der Waals surface area contributed by atoms with Crippen molar-refractivity contribution in [2.75, 3.05) is 0 Å². The molecule has 0 aliphatic carbocycles. The van der Waals surface area contributed by atoms with Crippen LogP contribution in [-0.2, 0) is 22.6 Å². The van der Waals surface area contributed by atoms with Crippen molar-refractivity contribution < 1.29 is 14.6 Å². The van der Waals surface area contributed by atoms with Crippen molar-refractivity contribution in [3.05, 3.63) is 35.4 Å². The Bertz CT molecular complexity index is 428. The van der Waals surface area contributed by atoms with E-state index in [1.165, 1.54) is 25.7 Å². The molecule has 0 bridgehead atoms. The minimum Gasteiger partial charge on any atom is -0.481 e. The summed E-state index contributed by atoms with van der Waals surface area (Å²) in [6.07, 6.45) is 8.38. The molecule has 3 nitrogen and oxygen atoms in total. The third-order valence-corrected chi connectivity index (χ3v) is 3.94. The van der Waals surface area contributed by atoms with Gasteiger partial charge in [0.05, 0.1) is 12.7 Å². The SMILES string of the molecule is CCCCCCC(CC)OCc1cccc(CCC(=O)O)c1.